The number of anilines is 1. The van der Waals surface area contributed by atoms with Gasteiger partial charge in [-0.3, -0.25) is 4.68 Å². The second-order valence-corrected chi connectivity index (χ2v) is 4.54. The van der Waals surface area contributed by atoms with E-state index in [1.165, 1.54) is 12.3 Å². The molecule has 0 aliphatic heterocycles. The van der Waals surface area contributed by atoms with Gasteiger partial charge in [0.25, 0.3) is 0 Å². The highest BCUT2D eigenvalue weighted by atomic mass is 35.5. The Labute approximate surface area is 115 Å². The van der Waals surface area contributed by atoms with Gasteiger partial charge in [-0.05, 0) is 19.1 Å². The van der Waals surface area contributed by atoms with Crippen molar-refractivity contribution in [3.63, 3.8) is 0 Å². The summed E-state index contributed by atoms with van der Waals surface area (Å²) in [7, 11) is 0. The maximum atomic E-state index is 11.0. The zero-order valence-electron chi connectivity index (χ0n) is 10.2. The van der Waals surface area contributed by atoms with Crippen LogP contribution in [0.5, 0.6) is 0 Å². The van der Waals surface area contributed by atoms with Crippen molar-refractivity contribution in [1.29, 1.82) is 0 Å². The van der Waals surface area contributed by atoms with Crippen molar-refractivity contribution in [1.82, 2.24) is 14.8 Å². The molecule has 2 aromatic rings. The zero-order valence-corrected chi connectivity index (χ0v) is 11.0. The van der Waals surface area contributed by atoms with Gasteiger partial charge in [-0.2, -0.15) is 5.10 Å². The topological polar surface area (TPSA) is 80.0 Å². The second-order valence-electron chi connectivity index (χ2n) is 4.13. The summed E-state index contributed by atoms with van der Waals surface area (Å²) in [5.74, 6) is -0.600. The molecule has 1 unspecified atom stereocenters. The normalized spacial score (nSPS) is 12.1. The molecule has 0 aliphatic carbocycles. The molecule has 7 heteroatoms. The predicted molar refractivity (Wildman–Crippen MR) is 71.5 cm³/mol. The lowest BCUT2D eigenvalue weighted by molar-refractivity contribution is 0.0697. The number of rotatable bonds is 5. The Morgan fingerprint density at radius 2 is 2.42 bits per heavy atom. The quantitative estimate of drug-likeness (QED) is 0.877. The fourth-order valence-electron chi connectivity index (χ4n) is 1.67. The molecule has 0 aliphatic rings. The largest absolute Gasteiger partial charge is 0.478 e. The van der Waals surface area contributed by atoms with E-state index in [-0.39, 0.29) is 16.6 Å². The number of carbonyl (C=O) groups is 1. The molecule has 0 amide bonds. The molecule has 0 fully saturated rings. The van der Waals surface area contributed by atoms with Gasteiger partial charge in [0.2, 0.25) is 0 Å². The SMILES string of the molecule is CC(Cn1cccn1)Nc1cc(C(=O)O)c(Cl)cn1. The summed E-state index contributed by atoms with van der Waals surface area (Å²) >= 11 is 5.76. The number of nitrogens with zero attached hydrogens (tertiary/aromatic N) is 3. The highest BCUT2D eigenvalue weighted by Crippen LogP contribution is 2.18. The number of aromatic carboxylic acids is 1. The van der Waals surface area contributed by atoms with Crippen LogP contribution in [-0.4, -0.2) is 31.9 Å². The molecule has 6 nitrogen and oxygen atoms in total. The summed E-state index contributed by atoms with van der Waals surface area (Å²) in [4.78, 5) is 15.0. The van der Waals surface area contributed by atoms with Gasteiger partial charge in [0.1, 0.15) is 5.82 Å². The number of hydrogen-bond acceptors (Lipinski definition) is 4. The van der Waals surface area contributed by atoms with Crippen LogP contribution in [0, 0.1) is 0 Å². The van der Waals surface area contributed by atoms with E-state index in [4.69, 9.17) is 16.7 Å². The van der Waals surface area contributed by atoms with Crippen LogP contribution in [-0.2, 0) is 6.54 Å². The Morgan fingerprint density at radius 1 is 1.63 bits per heavy atom. The summed E-state index contributed by atoms with van der Waals surface area (Å²) in [6.45, 7) is 2.61. The molecule has 19 heavy (non-hydrogen) atoms. The molecule has 0 saturated heterocycles. The number of carboxylic acid groups (broad SMARTS) is 1. The van der Waals surface area contributed by atoms with Crippen LogP contribution in [0.2, 0.25) is 5.02 Å². The summed E-state index contributed by atoms with van der Waals surface area (Å²) in [6.07, 6.45) is 4.89. The Balaban J connectivity index is 2.06. The minimum absolute atomic E-state index is 0.0328. The van der Waals surface area contributed by atoms with Crippen molar-refractivity contribution < 1.29 is 9.90 Å². The fraction of sp³-hybridized carbons (Fsp3) is 0.250. The van der Waals surface area contributed by atoms with E-state index in [0.717, 1.165) is 0 Å². The zero-order chi connectivity index (χ0) is 13.8. The molecule has 0 saturated carbocycles. The highest BCUT2D eigenvalue weighted by Gasteiger charge is 2.11. The molecular weight excluding hydrogens is 268 g/mol. The maximum absolute atomic E-state index is 11.0. The van der Waals surface area contributed by atoms with Gasteiger partial charge in [-0.15, -0.1) is 0 Å². The Kier molecular flexibility index (Phi) is 4.01. The third-order valence-corrected chi connectivity index (χ3v) is 2.80. The first-order valence-corrected chi connectivity index (χ1v) is 6.07. The van der Waals surface area contributed by atoms with Crippen LogP contribution >= 0.6 is 11.6 Å². The van der Waals surface area contributed by atoms with Crippen molar-refractivity contribution in [3.05, 3.63) is 41.3 Å². The Bertz CT molecular complexity index is 571. The third kappa shape index (κ3) is 3.45. The Morgan fingerprint density at radius 3 is 3.05 bits per heavy atom. The smallest absolute Gasteiger partial charge is 0.337 e. The van der Waals surface area contributed by atoms with Crippen molar-refractivity contribution in [2.75, 3.05) is 5.32 Å². The summed E-state index contributed by atoms with van der Waals surface area (Å²) in [5, 5.41) is 16.3. The lowest BCUT2D eigenvalue weighted by Gasteiger charge is -2.15. The van der Waals surface area contributed by atoms with Crippen molar-refractivity contribution >= 4 is 23.4 Å². The number of carboxylic acids is 1. The lowest BCUT2D eigenvalue weighted by Crippen LogP contribution is -2.23. The molecular formula is C12H13ClN4O2. The van der Waals surface area contributed by atoms with Crippen LogP contribution in [0.1, 0.15) is 17.3 Å². The van der Waals surface area contributed by atoms with Gasteiger partial charge in [0, 0.05) is 24.6 Å². The van der Waals surface area contributed by atoms with E-state index >= 15 is 0 Å². The summed E-state index contributed by atoms with van der Waals surface area (Å²) < 4.78 is 1.78. The summed E-state index contributed by atoms with van der Waals surface area (Å²) in [5.41, 5.74) is 0.0328. The van der Waals surface area contributed by atoms with Crippen molar-refractivity contribution in [3.8, 4) is 0 Å². The third-order valence-electron chi connectivity index (χ3n) is 2.50. The van der Waals surface area contributed by atoms with Crippen LogP contribution < -0.4 is 5.32 Å². The van der Waals surface area contributed by atoms with Crippen molar-refractivity contribution in [2.45, 2.75) is 19.5 Å². The first-order valence-electron chi connectivity index (χ1n) is 5.69. The molecule has 0 spiro atoms. The average Bonchev–Trinajstić information content (AvgIpc) is 2.84. The second kappa shape index (κ2) is 5.71. The molecule has 2 heterocycles. The number of aromatic nitrogens is 3. The maximum Gasteiger partial charge on any atom is 0.337 e. The molecule has 0 aromatic carbocycles. The molecule has 2 aromatic heterocycles. The highest BCUT2D eigenvalue weighted by molar-refractivity contribution is 6.33. The van der Waals surface area contributed by atoms with Crippen LogP contribution in [0.3, 0.4) is 0 Å². The number of halogens is 1. The molecule has 0 radical (unpaired) electrons. The molecule has 2 N–H and O–H groups in total. The van der Waals surface area contributed by atoms with Crippen LogP contribution in [0.15, 0.2) is 30.7 Å². The van der Waals surface area contributed by atoms with Gasteiger partial charge >= 0.3 is 5.97 Å². The van der Waals surface area contributed by atoms with Crippen LogP contribution in [0.4, 0.5) is 5.82 Å². The molecule has 2 rings (SSSR count). The van der Waals surface area contributed by atoms with Crippen LogP contribution in [0.25, 0.3) is 0 Å². The van der Waals surface area contributed by atoms with Gasteiger partial charge in [0.05, 0.1) is 17.1 Å². The number of nitrogens with one attached hydrogen (secondary N) is 1. The average molecular weight is 281 g/mol. The molecule has 1 atom stereocenters. The minimum Gasteiger partial charge on any atom is -0.478 e. The number of hydrogen-bond donors (Lipinski definition) is 2. The van der Waals surface area contributed by atoms with E-state index in [9.17, 15) is 4.79 Å². The van der Waals surface area contributed by atoms with Gasteiger partial charge < -0.3 is 10.4 Å². The Hall–Kier alpha value is -2.08. The minimum atomic E-state index is -1.07. The van der Waals surface area contributed by atoms with E-state index in [0.29, 0.717) is 12.4 Å². The van der Waals surface area contributed by atoms with Gasteiger partial charge in [-0.25, -0.2) is 9.78 Å². The molecule has 0 bridgehead atoms. The fourth-order valence-corrected chi connectivity index (χ4v) is 1.85. The summed E-state index contributed by atoms with van der Waals surface area (Å²) in [6, 6.07) is 3.32. The van der Waals surface area contributed by atoms with E-state index < -0.39 is 5.97 Å². The number of pyridine rings is 1. The van der Waals surface area contributed by atoms with Crippen molar-refractivity contribution in [2.24, 2.45) is 0 Å². The predicted octanol–water partition coefficient (Wildman–Crippen LogP) is 2.13. The molecule has 100 valence electrons. The first-order chi connectivity index (χ1) is 9.06. The van der Waals surface area contributed by atoms with Gasteiger partial charge in [0.15, 0.2) is 0 Å². The standard InChI is InChI=1S/C12H13ClN4O2/c1-8(7-17-4-2-3-15-17)16-11-5-9(12(18)19)10(13)6-14-11/h2-6,8H,7H2,1H3,(H,14,16)(H,18,19). The lowest BCUT2D eigenvalue weighted by atomic mass is 10.2. The first kappa shape index (κ1) is 13.4. The van der Waals surface area contributed by atoms with Gasteiger partial charge in [-0.1, -0.05) is 11.6 Å². The van der Waals surface area contributed by atoms with E-state index in [2.05, 4.69) is 15.4 Å². The monoisotopic (exact) mass is 280 g/mol. The van der Waals surface area contributed by atoms with E-state index in [1.807, 2.05) is 19.2 Å². The van der Waals surface area contributed by atoms with E-state index in [1.54, 1.807) is 10.9 Å².